The second-order valence-electron chi connectivity index (χ2n) is 6.76. The zero-order valence-corrected chi connectivity index (χ0v) is 18.8. The summed E-state index contributed by atoms with van der Waals surface area (Å²) >= 11 is 13.7. The molecule has 1 heterocycles. The van der Waals surface area contributed by atoms with Crippen molar-refractivity contribution >= 4 is 41.2 Å². The molecule has 0 fully saturated rings. The van der Waals surface area contributed by atoms with E-state index in [0.717, 1.165) is 29.7 Å². The van der Waals surface area contributed by atoms with Crippen LogP contribution in [0.2, 0.25) is 10.0 Å². The van der Waals surface area contributed by atoms with Crippen LogP contribution in [0.3, 0.4) is 0 Å². The monoisotopic (exact) mass is 443 g/mol. The van der Waals surface area contributed by atoms with Crippen LogP contribution in [0.5, 0.6) is 0 Å². The van der Waals surface area contributed by atoms with Crippen LogP contribution >= 0.6 is 35.0 Å². The first-order valence-corrected chi connectivity index (χ1v) is 11.2. The van der Waals surface area contributed by atoms with E-state index in [9.17, 15) is 4.79 Å². The van der Waals surface area contributed by atoms with E-state index < -0.39 is 0 Å². The van der Waals surface area contributed by atoms with E-state index in [1.807, 2.05) is 66.5 Å². The first-order valence-electron chi connectivity index (χ1n) is 9.62. The fraction of sp³-hybridized carbons (Fsp3) is 0.208. The maximum Gasteiger partial charge on any atom is 0.203 e. The van der Waals surface area contributed by atoms with Crippen LogP contribution in [0.4, 0.5) is 0 Å². The minimum Gasteiger partial charge on any atom is -0.329 e. The molecule has 5 heteroatoms. The molecule has 0 unspecified atom stereocenters. The Kier molecular flexibility index (Phi) is 7.65. The molecule has 0 spiro atoms. The first-order chi connectivity index (χ1) is 14.0. The van der Waals surface area contributed by atoms with Gasteiger partial charge in [0.2, 0.25) is 5.43 Å². The summed E-state index contributed by atoms with van der Waals surface area (Å²) in [5.74, 6) is 0. The van der Waals surface area contributed by atoms with E-state index in [1.165, 1.54) is 17.3 Å². The van der Waals surface area contributed by atoms with Crippen molar-refractivity contribution in [2.45, 2.75) is 42.9 Å². The average molecular weight is 444 g/mol. The number of halogens is 2. The number of hydrogen-bond donors (Lipinski definition) is 0. The predicted octanol–water partition coefficient (Wildman–Crippen LogP) is 7.81. The predicted molar refractivity (Wildman–Crippen MR) is 126 cm³/mol. The van der Waals surface area contributed by atoms with Gasteiger partial charge < -0.3 is 4.57 Å². The summed E-state index contributed by atoms with van der Waals surface area (Å²) in [6.07, 6.45) is 10.8. The number of aromatic nitrogens is 1. The summed E-state index contributed by atoms with van der Waals surface area (Å²) in [6, 6.07) is 13.5. The summed E-state index contributed by atoms with van der Waals surface area (Å²) in [5.41, 5.74) is 2.91. The molecule has 0 amide bonds. The average Bonchev–Trinajstić information content (AvgIpc) is 2.68. The Morgan fingerprint density at radius 2 is 1.76 bits per heavy atom. The lowest BCUT2D eigenvalue weighted by atomic mass is 9.97. The summed E-state index contributed by atoms with van der Waals surface area (Å²) in [5, 5.41) is 1.10. The zero-order chi connectivity index (χ0) is 20.8. The number of pyridine rings is 1. The van der Waals surface area contributed by atoms with Crippen LogP contribution in [0.15, 0.2) is 75.5 Å². The largest absolute Gasteiger partial charge is 0.329 e. The molecule has 0 bridgehead atoms. The Labute approximate surface area is 186 Å². The Hall–Kier alpha value is -1.94. The van der Waals surface area contributed by atoms with Gasteiger partial charge in [0.25, 0.3) is 0 Å². The maximum absolute atomic E-state index is 13.4. The Balaban J connectivity index is 2.13. The summed E-state index contributed by atoms with van der Waals surface area (Å²) in [4.78, 5) is 14.9. The molecule has 0 aliphatic heterocycles. The van der Waals surface area contributed by atoms with Crippen molar-refractivity contribution in [3.63, 3.8) is 0 Å². The smallest absolute Gasteiger partial charge is 0.203 e. The highest BCUT2D eigenvalue weighted by Crippen LogP contribution is 2.32. The van der Waals surface area contributed by atoms with Crippen molar-refractivity contribution in [3.8, 4) is 11.1 Å². The molecule has 1 aromatic heterocycles. The molecule has 0 aliphatic carbocycles. The molecule has 29 heavy (non-hydrogen) atoms. The van der Waals surface area contributed by atoms with Gasteiger partial charge in [-0.05, 0) is 49.1 Å². The van der Waals surface area contributed by atoms with Crippen molar-refractivity contribution in [2.75, 3.05) is 0 Å². The lowest BCUT2D eigenvalue weighted by Gasteiger charge is -2.13. The molecule has 2 aromatic carbocycles. The van der Waals surface area contributed by atoms with E-state index in [4.69, 9.17) is 23.2 Å². The van der Waals surface area contributed by atoms with Gasteiger partial charge in [0.05, 0.1) is 4.90 Å². The van der Waals surface area contributed by atoms with Gasteiger partial charge in [-0.25, -0.2) is 0 Å². The molecule has 150 valence electrons. The molecule has 0 N–H and O–H groups in total. The van der Waals surface area contributed by atoms with Crippen LogP contribution < -0.4 is 5.43 Å². The minimum atomic E-state index is 0.01000. The van der Waals surface area contributed by atoms with Gasteiger partial charge in [-0.1, -0.05) is 78.6 Å². The Morgan fingerprint density at radius 3 is 2.45 bits per heavy atom. The van der Waals surface area contributed by atoms with Gasteiger partial charge in [-0.15, -0.1) is 0 Å². The van der Waals surface area contributed by atoms with Crippen molar-refractivity contribution < 1.29 is 0 Å². The standard InChI is InChI=1S/C24H23Cl2NOS/c1-3-5-8-17-9-6-7-10-21(17)22-15-27(11-4-2)16-23(24(22)28)29-20-13-18(25)12-19(26)14-20/h4,6-7,9-16H,3,5,8H2,1-2H3/b11-4-. The highest BCUT2D eigenvalue weighted by molar-refractivity contribution is 7.99. The van der Waals surface area contributed by atoms with E-state index in [2.05, 4.69) is 13.0 Å². The minimum absolute atomic E-state index is 0.01000. The summed E-state index contributed by atoms with van der Waals surface area (Å²) in [6.45, 7) is 4.13. The molecular weight excluding hydrogens is 421 g/mol. The second-order valence-corrected chi connectivity index (χ2v) is 8.75. The van der Waals surface area contributed by atoms with Crippen LogP contribution in [0.25, 0.3) is 17.3 Å². The van der Waals surface area contributed by atoms with Crippen molar-refractivity contribution in [1.82, 2.24) is 4.57 Å². The van der Waals surface area contributed by atoms with E-state index in [-0.39, 0.29) is 5.43 Å². The van der Waals surface area contributed by atoms with Crippen molar-refractivity contribution in [2.24, 2.45) is 0 Å². The molecule has 0 saturated carbocycles. The first kappa shape index (κ1) is 21.8. The molecule has 0 radical (unpaired) electrons. The van der Waals surface area contributed by atoms with Crippen LogP contribution in [-0.2, 0) is 6.42 Å². The Morgan fingerprint density at radius 1 is 1.03 bits per heavy atom. The third kappa shape index (κ3) is 5.57. The van der Waals surface area contributed by atoms with Crippen LogP contribution in [0.1, 0.15) is 32.3 Å². The number of allylic oxidation sites excluding steroid dienone is 1. The highest BCUT2D eigenvalue weighted by Gasteiger charge is 2.14. The van der Waals surface area contributed by atoms with Crippen molar-refractivity contribution in [1.29, 1.82) is 0 Å². The maximum atomic E-state index is 13.4. The van der Waals surface area contributed by atoms with Crippen LogP contribution in [-0.4, -0.2) is 4.57 Å². The number of nitrogens with zero attached hydrogens (tertiary/aromatic N) is 1. The molecule has 3 aromatic rings. The van der Waals surface area contributed by atoms with E-state index >= 15 is 0 Å². The molecule has 2 nitrogen and oxygen atoms in total. The Bertz CT molecular complexity index is 1070. The topological polar surface area (TPSA) is 22.0 Å². The van der Waals surface area contributed by atoms with Gasteiger partial charge in [-0.3, -0.25) is 4.79 Å². The van der Waals surface area contributed by atoms with Crippen molar-refractivity contribution in [3.05, 3.63) is 86.8 Å². The molecular formula is C24H23Cl2NOS. The molecule has 3 rings (SSSR count). The third-order valence-electron chi connectivity index (χ3n) is 4.51. The van der Waals surface area contributed by atoms with E-state index in [1.54, 1.807) is 6.07 Å². The van der Waals surface area contributed by atoms with Crippen LogP contribution in [0, 0.1) is 0 Å². The molecule has 0 atom stereocenters. The molecule has 0 aliphatic rings. The SMILES string of the molecule is C/C=C\n1cc(Sc2cc(Cl)cc(Cl)c2)c(=O)c(-c2ccccc2CCCC)c1. The number of benzene rings is 2. The van der Waals surface area contributed by atoms with E-state index in [0.29, 0.717) is 20.5 Å². The fourth-order valence-electron chi connectivity index (χ4n) is 3.18. The van der Waals surface area contributed by atoms with Gasteiger partial charge in [-0.2, -0.15) is 0 Å². The van der Waals surface area contributed by atoms with Gasteiger partial charge >= 0.3 is 0 Å². The number of unbranched alkanes of at least 4 members (excludes halogenated alkanes) is 1. The molecule has 0 saturated heterocycles. The van der Waals surface area contributed by atoms with Gasteiger partial charge in [0.15, 0.2) is 0 Å². The second kappa shape index (κ2) is 10.2. The van der Waals surface area contributed by atoms with Gasteiger partial charge in [0, 0.05) is 39.1 Å². The highest BCUT2D eigenvalue weighted by atomic mass is 35.5. The zero-order valence-electron chi connectivity index (χ0n) is 16.5. The lowest BCUT2D eigenvalue weighted by Crippen LogP contribution is -2.11. The fourth-order valence-corrected chi connectivity index (χ4v) is 4.84. The lowest BCUT2D eigenvalue weighted by molar-refractivity contribution is 0.796. The number of rotatable bonds is 7. The quantitative estimate of drug-likeness (QED) is 0.371. The summed E-state index contributed by atoms with van der Waals surface area (Å²) < 4.78 is 1.93. The number of hydrogen-bond acceptors (Lipinski definition) is 2. The number of aryl methyl sites for hydroxylation is 1. The van der Waals surface area contributed by atoms with Gasteiger partial charge in [0.1, 0.15) is 0 Å². The normalized spacial score (nSPS) is 11.3. The third-order valence-corrected chi connectivity index (χ3v) is 5.92. The summed E-state index contributed by atoms with van der Waals surface area (Å²) in [7, 11) is 0.